The number of nitriles is 1. The topological polar surface area (TPSA) is 33.0 Å². The highest BCUT2D eigenvalue weighted by molar-refractivity contribution is 7.99. The van der Waals surface area contributed by atoms with Gasteiger partial charge in [0.1, 0.15) is 17.4 Å². The Bertz CT molecular complexity index is 419. The molecule has 0 bridgehead atoms. The monoisotopic (exact) mass is 247 g/mol. The van der Waals surface area contributed by atoms with Gasteiger partial charge in [-0.3, -0.25) is 0 Å². The number of hydrogen-bond acceptors (Lipinski definition) is 3. The molecule has 90 valence electrons. The summed E-state index contributed by atoms with van der Waals surface area (Å²) < 4.78 is 5.95. The fourth-order valence-corrected chi connectivity index (χ4v) is 2.96. The van der Waals surface area contributed by atoms with E-state index in [0.717, 1.165) is 29.2 Å². The second-order valence-corrected chi connectivity index (χ2v) is 5.50. The van der Waals surface area contributed by atoms with E-state index in [4.69, 9.17) is 4.74 Å². The van der Waals surface area contributed by atoms with Gasteiger partial charge in [-0.25, -0.2) is 0 Å². The van der Waals surface area contributed by atoms with E-state index in [0.29, 0.717) is 11.7 Å². The summed E-state index contributed by atoms with van der Waals surface area (Å²) in [6, 6.07) is 8.16. The molecule has 0 aromatic heterocycles. The van der Waals surface area contributed by atoms with E-state index in [-0.39, 0.29) is 0 Å². The number of ether oxygens (including phenoxy) is 1. The van der Waals surface area contributed by atoms with Crippen molar-refractivity contribution in [1.29, 1.82) is 5.26 Å². The van der Waals surface area contributed by atoms with Crippen LogP contribution >= 0.6 is 11.8 Å². The van der Waals surface area contributed by atoms with Crippen LogP contribution in [0.2, 0.25) is 0 Å². The van der Waals surface area contributed by atoms with E-state index >= 15 is 0 Å². The van der Waals surface area contributed by atoms with Crippen LogP contribution < -0.4 is 4.74 Å². The molecular weight excluding hydrogens is 230 g/mol. The first kappa shape index (κ1) is 12.3. The van der Waals surface area contributed by atoms with Gasteiger partial charge < -0.3 is 4.74 Å². The third-order valence-corrected chi connectivity index (χ3v) is 3.94. The summed E-state index contributed by atoms with van der Waals surface area (Å²) >= 11 is 1.70. The first-order valence-electron chi connectivity index (χ1n) is 6.17. The van der Waals surface area contributed by atoms with Crippen molar-refractivity contribution in [2.45, 2.75) is 43.6 Å². The Kier molecular flexibility index (Phi) is 4.33. The van der Waals surface area contributed by atoms with Crippen LogP contribution in [0.4, 0.5) is 0 Å². The molecular formula is C14H17NOS. The Balaban J connectivity index is 2.20. The highest BCUT2D eigenvalue weighted by Gasteiger charge is 2.18. The predicted octanol–water partition coefficient (Wildman–Crippen LogP) is 3.99. The van der Waals surface area contributed by atoms with Gasteiger partial charge in [-0.15, -0.1) is 11.8 Å². The van der Waals surface area contributed by atoms with Gasteiger partial charge in [-0.2, -0.15) is 5.26 Å². The third kappa shape index (κ3) is 2.95. The van der Waals surface area contributed by atoms with Gasteiger partial charge in [0.05, 0.1) is 6.10 Å². The average Bonchev–Trinajstić information content (AvgIpc) is 2.83. The van der Waals surface area contributed by atoms with Gasteiger partial charge in [-0.05, 0) is 43.6 Å². The molecule has 0 heterocycles. The molecule has 1 aliphatic rings. The van der Waals surface area contributed by atoms with Crippen LogP contribution in [-0.4, -0.2) is 11.9 Å². The second kappa shape index (κ2) is 5.97. The van der Waals surface area contributed by atoms with Crippen LogP contribution in [0.1, 0.15) is 38.2 Å². The van der Waals surface area contributed by atoms with Crippen molar-refractivity contribution in [3.05, 3.63) is 23.8 Å². The van der Waals surface area contributed by atoms with Crippen molar-refractivity contribution in [1.82, 2.24) is 0 Å². The highest BCUT2D eigenvalue weighted by Crippen LogP contribution is 2.32. The smallest absolute Gasteiger partial charge is 0.138 e. The second-order valence-electron chi connectivity index (χ2n) is 4.20. The van der Waals surface area contributed by atoms with Crippen LogP contribution in [0.3, 0.4) is 0 Å². The fourth-order valence-electron chi connectivity index (χ4n) is 2.18. The van der Waals surface area contributed by atoms with Crippen LogP contribution in [0, 0.1) is 11.3 Å². The molecule has 17 heavy (non-hydrogen) atoms. The maximum absolute atomic E-state index is 9.26. The Hall–Kier alpha value is -1.14. The van der Waals surface area contributed by atoms with Gasteiger partial charge in [0.25, 0.3) is 0 Å². The molecule has 1 aromatic rings. The molecule has 0 radical (unpaired) electrons. The normalized spacial score (nSPS) is 15.8. The van der Waals surface area contributed by atoms with Crippen LogP contribution in [-0.2, 0) is 0 Å². The molecule has 1 aromatic carbocycles. The van der Waals surface area contributed by atoms with E-state index in [1.165, 1.54) is 12.8 Å². The molecule has 0 amide bonds. The SMILES string of the molecule is CCSc1cccc(OC2CCCC2)c1C#N. The van der Waals surface area contributed by atoms with E-state index < -0.39 is 0 Å². The maximum Gasteiger partial charge on any atom is 0.138 e. The minimum absolute atomic E-state index is 0.309. The van der Waals surface area contributed by atoms with Crippen molar-refractivity contribution in [2.24, 2.45) is 0 Å². The summed E-state index contributed by atoms with van der Waals surface area (Å²) in [4.78, 5) is 1.03. The highest BCUT2D eigenvalue weighted by atomic mass is 32.2. The van der Waals surface area contributed by atoms with E-state index in [1.807, 2.05) is 18.2 Å². The molecule has 0 N–H and O–H groups in total. The quantitative estimate of drug-likeness (QED) is 0.754. The molecule has 2 nitrogen and oxygen atoms in total. The lowest BCUT2D eigenvalue weighted by Gasteiger charge is -2.15. The van der Waals surface area contributed by atoms with Crippen LogP contribution in [0.25, 0.3) is 0 Å². The number of thioether (sulfide) groups is 1. The van der Waals surface area contributed by atoms with Crippen molar-refractivity contribution in [3.63, 3.8) is 0 Å². The molecule has 1 aliphatic carbocycles. The number of rotatable bonds is 4. The zero-order valence-electron chi connectivity index (χ0n) is 10.1. The van der Waals surface area contributed by atoms with Gasteiger partial charge in [-0.1, -0.05) is 13.0 Å². The molecule has 0 unspecified atom stereocenters. The Morgan fingerprint density at radius 3 is 2.82 bits per heavy atom. The molecule has 0 saturated heterocycles. The first-order valence-corrected chi connectivity index (χ1v) is 7.16. The van der Waals surface area contributed by atoms with Gasteiger partial charge >= 0.3 is 0 Å². The zero-order valence-corrected chi connectivity index (χ0v) is 10.9. The number of benzene rings is 1. The molecule has 3 heteroatoms. The molecule has 0 aliphatic heterocycles. The minimum Gasteiger partial charge on any atom is -0.489 e. The minimum atomic E-state index is 0.309. The maximum atomic E-state index is 9.26. The first-order chi connectivity index (χ1) is 8.35. The lowest BCUT2D eigenvalue weighted by atomic mass is 10.2. The average molecular weight is 247 g/mol. The number of nitrogens with zero attached hydrogens (tertiary/aromatic N) is 1. The lowest BCUT2D eigenvalue weighted by Crippen LogP contribution is -2.11. The fraction of sp³-hybridized carbons (Fsp3) is 0.500. The largest absolute Gasteiger partial charge is 0.489 e. The predicted molar refractivity (Wildman–Crippen MR) is 70.4 cm³/mol. The third-order valence-electron chi connectivity index (χ3n) is 3.00. The van der Waals surface area contributed by atoms with Crippen molar-refractivity contribution in [3.8, 4) is 11.8 Å². The van der Waals surface area contributed by atoms with Crippen molar-refractivity contribution < 1.29 is 4.74 Å². The summed E-state index contributed by atoms with van der Waals surface area (Å²) in [6.07, 6.45) is 5.04. The molecule has 0 spiro atoms. The number of hydrogen-bond donors (Lipinski definition) is 0. The molecule has 1 fully saturated rings. The lowest BCUT2D eigenvalue weighted by molar-refractivity contribution is 0.209. The van der Waals surface area contributed by atoms with Gasteiger partial charge in [0, 0.05) is 4.90 Å². The zero-order chi connectivity index (χ0) is 12.1. The van der Waals surface area contributed by atoms with Crippen molar-refractivity contribution >= 4 is 11.8 Å². The van der Waals surface area contributed by atoms with Crippen LogP contribution in [0.5, 0.6) is 5.75 Å². The summed E-state index contributed by atoms with van der Waals surface area (Å²) in [5.74, 6) is 1.74. The van der Waals surface area contributed by atoms with E-state index in [2.05, 4.69) is 13.0 Å². The van der Waals surface area contributed by atoms with E-state index in [1.54, 1.807) is 11.8 Å². The Morgan fingerprint density at radius 2 is 2.18 bits per heavy atom. The summed E-state index contributed by atoms with van der Waals surface area (Å²) in [6.45, 7) is 2.09. The standard InChI is InChI=1S/C14H17NOS/c1-2-17-14-9-5-8-13(12(14)10-15)16-11-6-3-4-7-11/h5,8-9,11H,2-4,6-7H2,1H3. The Morgan fingerprint density at radius 1 is 1.41 bits per heavy atom. The summed E-state index contributed by atoms with van der Waals surface area (Å²) in [5, 5.41) is 9.26. The molecule has 2 rings (SSSR count). The van der Waals surface area contributed by atoms with Crippen molar-refractivity contribution in [2.75, 3.05) is 5.75 Å². The van der Waals surface area contributed by atoms with Crippen LogP contribution in [0.15, 0.2) is 23.1 Å². The van der Waals surface area contributed by atoms with E-state index in [9.17, 15) is 5.26 Å². The summed E-state index contributed by atoms with van der Waals surface area (Å²) in [5.41, 5.74) is 0.700. The van der Waals surface area contributed by atoms with Gasteiger partial charge in [0.15, 0.2) is 0 Å². The molecule has 1 saturated carbocycles. The van der Waals surface area contributed by atoms with Gasteiger partial charge in [0.2, 0.25) is 0 Å². The molecule has 0 atom stereocenters. The summed E-state index contributed by atoms with van der Waals surface area (Å²) in [7, 11) is 0. The Labute approximate surface area is 107 Å².